The number of rotatable bonds is 7. The van der Waals surface area contributed by atoms with Gasteiger partial charge in [-0.3, -0.25) is 4.79 Å². The molecule has 0 heterocycles. The van der Waals surface area contributed by atoms with E-state index in [2.05, 4.69) is 0 Å². The lowest BCUT2D eigenvalue weighted by Gasteiger charge is -2.21. The lowest BCUT2D eigenvalue weighted by Crippen LogP contribution is -2.34. The summed E-state index contributed by atoms with van der Waals surface area (Å²) in [4.78, 5) is 15.4. The van der Waals surface area contributed by atoms with E-state index < -0.39 is 0 Å². The van der Waals surface area contributed by atoms with Crippen molar-refractivity contribution in [3.05, 3.63) is 0 Å². The average molecular weight is 202 g/mol. The summed E-state index contributed by atoms with van der Waals surface area (Å²) in [6, 6.07) is 0. The highest BCUT2D eigenvalue weighted by molar-refractivity contribution is 5.76. The Balaban J connectivity index is 3.79. The van der Waals surface area contributed by atoms with Crippen LogP contribution in [0.25, 0.3) is 0 Å². The second-order valence-electron chi connectivity index (χ2n) is 3.60. The van der Waals surface area contributed by atoms with Crippen LogP contribution in [-0.4, -0.2) is 61.2 Å². The molecule has 0 bridgehead atoms. The van der Waals surface area contributed by atoms with Gasteiger partial charge < -0.3 is 14.9 Å². The first kappa shape index (κ1) is 13.4. The predicted octanol–water partition coefficient (Wildman–Crippen LogP) is 0.169. The zero-order valence-corrected chi connectivity index (χ0v) is 9.49. The van der Waals surface area contributed by atoms with Crippen LogP contribution in [0.5, 0.6) is 0 Å². The number of hydrogen-bond donors (Lipinski definition) is 1. The summed E-state index contributed by atoms with van der Waals surface area (Å²) in [6.45, 7) is 4.29. The Hall–Kier alpha value is -0.610. The van der Waals surface area contributed by atoms with Crippen molar-refractivity contribution in [2.75, 3.05) is 40.3 Å². The van der Waals surface area contributed by atoms with Gasteiger partial charge in [-0.25, -0.2) is 0 Å². The molecule has 0 aromatic carbocycles. The Morgan fingerprint density at radius 2 is 1.93 bits per heavy atom. The molecule has 0 aliphatic heterocycles. The highest BCUT2D eigenvalue weighted by Crippen LogP contribution is 1.96. The van der Waals surface area contributed by atoms with Crippen LogP contribution in [-0.2, 0) is 4.79 Å². The summed E-state index contributed by atoms with van der Waals surface area (Å²) in [5.74, 6) is 0.176. The van der Waals surface area contributed by atoms with Crippen LogP contribution in [0.4, 0.5) is 0 Å². The van der Waals surface area contributed by atoms with Crippen LogP contribution in [0.2, 0.25) is 0 Å². The standard InChI is InChI=1S/C10H22N2O2/c1-4-12(7-5-9-13)10(14)6-8-11(2)3/h13H,4-9H2,1-3H3. The van der Waals surface area contributed by atoms with E-state index in [0.29, 0.717) is 19.4 Å². The molecule has 0 fully saturated rings. The predicted molar refractivity (Wildman–Crippen MR) is 57.1 cm³/mol. The number of carbonyl (C=O) groups excluding carboxylic acids is 1. The van der Waals surface area contributed by atoms with Gasteiger partial charge in [0, 0.05) is 32.7 Å². The van der Waals surface area contributed by atoms with Gasteiger partial charge in [-0.15, -0.1) is 0 Å². The number of carbonyl (C=O) groups is 1. The molecule has 0 atom stereocenters. The molecule has 4 heteroatoms. The maximum Gasteiger partial charge on any atom is 0.223 e. The van der Waals surface area contributed by atoms with Gasteiger partial charge in [0.2, 0.25) is 5.91 Å². The molecule has 0 saturated carbocycles. The molecule has 84 valence electrons. The Bertz CT molecular complexity index is 160. The SMILES string of the molecule is CCN(CCCO)C(=O)CCN(C)C. The molecule has 0 saturated heterocycles. The molecule has 0 unspecified atom stereocenters. The summed E-state index contributed by atoms with van der Waals surface area (Å²) in [5.41, 5.74) is 0. The van der Waals surface area contributed by atoms with Gasteiger partial charge in [-0.05, 0) is 27.4 Å². The molecule has 4 nitrogen and oxygen atoms in total. The van der Waals surface area contributed by atoms with Gasteiger partial charge >= 0.3 is 0 Å². The maximum atomic E-state index is 11.6. The van der Waals surface area contributed by atoms with Gasteiger partial charge in [0.1, 0.15) is 0 Å². The van der Waals surface area contributed by atoms with E-state index in [9.17, 15) is 4.79 Å². The van der Waals surface area contributed by atoms with Crippen LogP contribution in [0.15, 0.2) is 0 Å². The smallest absolute Gasteiger partial charge is 0.223 e. The molecule has 0 aliphatic carbocycles. The van der Waals surface area contributed by atoms with E-state index in [1.54, 1.807) is 4.90 Å². The van der Waals surface area contributed by atoms with Crippen LogP contribution >= 0.6 is 0 Å². The van der Waals surface area contributed by atoms with Crippen molar-refractivity contribution < 1.29 is 9.90 Å². The molecule has 1 amide bonds. The summed E-state index contributed by atoms with van der Waals surface area (Å²) >= 11 is 0. The first-order valence-electron chi connectivity index (χ1n) is 5.15. The Labute approximate surface area is 86.5 Å². The van der Waals surface area contributed by atoms with Crippen molar-refractivity contribution in [1.29, 1.82) is 0 Å². The van der Waals surface area contributed by atoms with Gasteiger partial charge in [0.15, 0.2) is 0 Å². The first-order valence-corrected chi connectivity index (χ1v) is 5.15. The first-order chi connectivity index (χ1) is 6.61. The minimum atomic E-state index is 0.150. The van der Waals surface area contributed by atoms with Gasteiger partial charge in [0.05, 0.1) is 0 Å². The van der Waals surface area contributed by atoms with Gasteiger partial charge in [-0.1, -0.05) is 0 Å². The van der Waals surface area contributed by atoms with Gasteiger partial charge in [0.25, 0.3) is 0 Å². The van der Waals surface area contributed by atoms with Crippen molar-refractivity contribution in [2.45, 2.75) is 19.8 Å². The van der Waals surface area contributed by atoms with Crippen molar-refractivity contribution >= 4 is 5.91 Å². The normalized spacial score (nSPS) is 10.6. The second kappa shape index (κ2) is 7.76. The molecule has 0 rings (SSSR count). The molecule has 14 heavy (non-hydrogen) atoms. The zero-order valence-electron chi connectivity index (χ0n) is 9.49. The largest absolute Gasteiger partial charge is 0.396 e. The third-order valence-electron chi connectivity index (χ3n) is 2.09. The van der Waals surface area contributed by atoms with E-state index >= 15 is 0 Å². The van der Waals surface area contributed by atoms with E-state index in [4.69, 9.17) is 5.11 Å². The molecular weight excluding hydrogens is 180 g/mol. The van der Waals surface area contributed by atoms with E-state index in [0.717, 1.165) is 13.1 Å². The maximum absolute atomic E-state index is 11.6. The fourth-order valence-corrected chi connectivity index (χ4v) is 1.20. The summed E-state index contributed by atoms with van der Waals surface area (Å²) in [6.07, 6.45) is 1.23. The fourth-order valence-electron chi connectivity index (χ4n) is 1.20. The number of aliphatic hydroxyl groups is 1. The second-order valence-corrected chi connectivity index (χ2v) is 3.60. The van der Waals surface area contributed by atoms with Crippen molar-refractivity contribution in [3.8, 4) is 0 Å². The van der Waals surface area contributed by atoms with Crippen molar-refractivity contribution in [2.24, 2.45) is 0 Å². The molecule has 0 aromatic heterocycles. The van der Waals surface area contributed by atoms with Crippen molar-refractivity contribution in [1.82, 2.24) is 9.80 Å². The highest BCUT2D eigenvalue weighted by atomic mass is 16.3. The van der Waals surface area contributed by atoms with E-state index in [-0.39, 0.29) is 12.5 Å². The Morgan fingerprint density at radius 3 is 2.36 bits per heavy atom. The Kier molecular flexibility index (Phi) is 7.42. The zero-order chi connectivity index (χ0) is 11.0. The number of nitrogens with zero attached hydrogens (tertiary/aromatic N) is 2. The molecule has 1 N–H and O–H groups in total. The molecule has 0 aromatic rings. The quantitative estimate of drug-likeness (QED) is 0.640. The third kappa shape index (κ3) is 5.94. The summed E-state index contributed by atoms with van der Waals surface area (Å²) < 4.78 is 0. The minimum Gasteiger partial charge on any atom is -0.396 e. The average Bonchev–Trinajstić information content (AvgIpc) is 2.16. The number of aliphatic hydroxyl groups excluding tert-OH is 1. The van der Waals surface area contributed by atoms with Crippen molar-refractivity contribution in [3.63, 3.8) is 0 Å². The molecular formula is C10H22N2O2. The monoisotopic (exact) mass is 202 g/mol. The van der Waals surface area contributed by atoms with Gasteiger partial charge in [-0.2, -0.15) is 0 Å². The lowest BCUT2D eigenvalue weighted by atomic mass is 10.3. The fraction of sp³-hybridized carbons (Fsp3) is 0.900. The summed E-state index contributed by atoms with van der Waals surface area (Å²) in [5, 5.41) is 8.66. The van der Waals surface area contributed by atoms with Crippen LogP contribution in [0, 0.1) is 0 Å². The number of amides is 1. The number of hydrogen-bond acceptors (Lipinski definition) is 3. The lowest BCUT2D eigenvalue weighted by molar-refractivity contribution is -0.131. The molecule has 0 aliphatic rings. The molecule has 0 spiro atoms. The Morgan fingerprint density at radius 1 is 1.29 bits per heavy atom. The minimum absolute atomic E-state index is 0.150. The topological polar surface area (TPSA) is 43.8 Å². The third-order valence-corrected chi connectivity index (χ3v) is 2.09. The van der Waals surface area contributed by atoms with Crippen LogP contribution < -0.4 is 0 Å². The summed E-state index contributed by atoms with van der Waals surface area (Å²) in [7, 11) is 3.91. The van der Waals surface area contributed by atoms with Crippen LogP contribution in [0.3, 0.4) is 0 Å². The molecule has 0 radical (unpaired) electrons. The van der Waals surface area contributed by atoms with E-state index in [1.807, 2.05) is 25.9 Å². The van der Waals surface area contributed by atoms with Crippen LogP contribution in [0.1, 0.15) is 19.8 Å². The highest BCUT2D eigenvalue weighted by Gasteiger charge is 2.10. The van der Waals surface area contributed by atoms with E-state index in [1.165, 1.54) is 0 Å².